The third-order valence-corrected chi connectivity index (χ3v) is 24.5. The molecule has 6 saturated heterocycles. The lowest BCUT2D eigenvalue weighted by atomic mass is 9.33. The van der Waals surface area contributed by atoms with E-state index in [1.165, 1.54) is 12.5 Å². The number of hydrogen-bond acceptors (Lipinski definition) is 28. The number of allylic oxidation sites excluding steroid dienone is 2. The average molecular weight is 1320 g/mol. The summed E-state index contributed by atoms with van der Waals surface area (Å²) in [4.78, 5) is 13.4. The SMILES string of the molecule is C[C@@H]1O[C@@H](O[C@H]2[C@H](O[C@@H]3[C@@H](O)[C@H](O[C@H]4[C@H](O[C@H]5CC[C@]6(C)[C@H]7CC=C8[C@@H]9CC(C)(C)CC[C@]9(C(=O)O)CC[C@@]8(C)[C@]7(C)CC[C@H]6C5(C)C)O[C@H](CO)[C@@H](O[C@@H]5OC[C@@H](O)[C@H](O)[C@H]5O)[C@@H]4O)OC[C@H]3O[C@@H]3OC[C@H](O)[C@H](O)[C@H]3O)O[C@H](CO)[C@@H](O)[C@@H]2O)[C@H](O)[C@H](O)[C@H]1O. The molecule has 35 atom stereocenters. The van der Waals surface area contributed by atoms with Crippen LogP contribution in [-0.2, 0) is 61.6 Å². The maximum Gasteiger partial charge on any atom is 0.310 e. The molecule has 0 aromatic rings. The second-order valence-electron chi connectivity index (χ2n) is 30.5. The van der Waals surface area contributed by atoms with E-state index >= 15 is 0 Å². The summed E-state index contributed by atoms with van der Waals surface area (Å²) < 4.78 is 73.8. The van der Waals surface area contributed by atoms with Crippen LogP contribution in [0.1, 0.15) is 120 Å². The zero-order chi connectivity index (χ0) is 66.9. The Balaban J connectivity index is 0.896. The van der Waals surface area contributed by atoms with Crippen LogP contribution < -0.4 is 0 Å². The van der Waals surface area contributed by atoms with Crippen molar-refractivity contribution in [3.05, 3.63) is 11.6 Å². The predicted octanol–water partition coefficient (Wildman–Crippen LogP) is -2.88. The Bertz CT molecular complexity index is 2580. The van der Waals surface area contributed by atoms with Crippen molar-refractivity contribution in [1.82, 2.24) is 0 Å². The topological polar surface area (TPSA) is 452 Å². The van der Waals surface area contributed by atoms with Gasteiger partial charge in [0.25, 0.3) is 0 Å². The molecule has 6 aliphatic heterocycles. The Morgan fingerprint density at radius 3 is 1.68 bits per heavy atom. The van der Waals surface area contributed by atoms with Gasteiger partial charge in [-0.2, -0.15) is 0 Å². The molecule has 11 rings (SSSR count). The monoisotopic (exact) mass is 1320 g/mol. The smallest absolute Gasteiger partial charge is 0.310 e. The number of hydrogen-bond donors (Lipinski definition) is 16. The standard InChI is InChI=1S/C63H102O29/c1-25-36(68)40(72)44(76)54(84-25)92-49-41(73)39(71)30(20-64)85-56(49)90-48-32(87-51-42(74)37(69)28(66)22-81-51)24-83-53(46(48)78)91-50-45(77)47(89-52-43(75)38(70)29(67)23-82-52)31(21-65)86-55(50)88-35-12-13-60(6)33(59(35,4)5)11-14-62(8)34(60)10-9-26-27-19-58(2,3)15-17-63(27,57(79)80)18-16-61(26,62)7/h9,25,27-56,64-78H,10-24H2,1-8H3,(H,79,80)/t25-,27-,28-,29+,30+,31+,32+,33-,34+,35-,36-,37-,38-,39+,40+,41-,42+,43+,44+,45-,46+,47+,48-,49+,50+,51-,52-,53-,54-,55-,56-,60-,61+,62+,63-/m0/s1. The first-order chi connectivity index (χ1) is 43.2. The minimum Gasteiger partial charge on any atom is -0.481 e. The largest absolute Gasteiger partial charge is 0.481 e. The normalized spacial score (nSPS) is 54.4. The zero-order valence-electron chi connectivity index (χ0n) is 53.5. The summed E-state index contributed by atoms with van der Waals surface area (Å²) in [5.41, 5.74) is -0.834. The van der Waals surface area contributed by atoms with E-state index in [2.05, 4.69) is 54.5 Å². The van der Waals surface area contributed by atoms with Gasteiger partial charge in [-0.25, -0.2) is 0 Å². The lowest BCUT2D eigenvalue weighted by Crippen LogP contribution is -2.68. The first kappa shape index (κ1) is 71.4. The van der Waals surface area contributed by atoms with Crippen LogP contribution in [0.15, 0.2) is 11.6 Å². The molecular weight excluding hydrogens is 1220 g/mol. The lowest BCUT2D eigenvalue weighted by molar-refractivity contribution is -0.406. The minimum atomic E-state index is -2.15. The number of aliphatic hydroxyl groups is 15. The highest BCUT2D eigenvalue weighted by molar-refractivity contribution is 5.76. The molecule has 92 heavy (non-hydrogen) atoms. The number of ether oxygens (including phenoxy) is 12. The van der Waals surface area contributed by atoms with Crippen molar-refractivity contribution in [1.29, 1.82) is 0 Å². The van der Waals surface area contributed by atoms with E-state index in [0.717, 1.165) is 38.5 Å². The summed E-state index contributed by atoms with van der Waals surface area (Å²) in [5, 5.41) is 177. The summed E-state index contributed by atoms with van der Waals surface area (Å²) in [5.74, 6) is -0.532. The molecule has 10 fully saturated rings. The number of aliphatic hydroxyl groups excluding tert-OH is 15. The van der Waals surface area contributed by atoms with Crippen molar-refractivity contribution in [2.24, 2.45) is 50.2 Å². The van der Waals surface area contributed by atoms with Gasteiger partial charge < -0.3 is 139 Å². The van der Waals surface area contributed by atoms with Crippen molar-refractivity contribution in [3.63, 3.8) is 0 Å². The fraction of sp³-hybridized carbons (Fsp3) is 0.952. The number of fused-ring (bicyclic) bond motifs is 7. The van der Waals surface area contributed by atoms with Crippen LogP contribution in [0, 0.1) is 50.2 Å². The van der Waals surface area contributed by atoms with E-state index < -0.39 is 222 Å². The Morgan fingerprint density at radius 2 is 1.04 bits per heavy atom. The van der Waals surface area contributed by atoms with E-state index in [-0.39, 0.29) is 39.4 Å². The molecule has 0 radical (unpaired) electrons. The molecule has 16 N–H and O–H groups in total. The quantitative estimate of drug-likeness (QED) is 0.0579. The number of aliphatic carboxylic acids is 1. The third-order valence-electron chi connectivity index (χ3n) is 24.5. The summed E-state index contributed by atoms with van der Waals surface area (Å²) in [6.07, 6.45) is -38.7. The van der Waals surface area contributed by atoms with Gasteiger partial charge in [0, 0.05) is 0 Å². The number of carboxylic acids is 1. The van der Waals surface area contributed by atoms with Crippen LogP contribution in [0.25, 0.3) is 0 Å². The van der Waals surface area contributed by atoms with Crippen LogP contribution in [-0.4, -0.2) is 293 Å². The van der Waals surface area contributed by atoms with Crippen molar-refractivity contribution in [3.8, 4) is 0 Å². The molecule has 5 aliphatic carbocycles. The average Bonchev–Trinajstić information content (AvgIpc) is 0.677. The maximum atomic E-state index is 13.4. The van der Waals surface area contributed by atoms with Gasteiger partial charge in [0.2, 0.25) is 0 Å². The van der Waals surface area contributed by atoms with E-state index in [0.29, 0.717) is 25.7 Å². The van der Waals surface area contributed by atoms with Gasteiger partial charge in [0.1, 0.15) is 122 Å². The molecule has 0 aromatic carbocycles. The fourth-order valence-electron chi connectivity index (χ4n) is 18.7. The molecule has 29 nitrogen and oxygen atoms in total. The Kier molecular flexibility index (Phi) is 20.7. The Morgan fingerprint density at radius 1 is 0.500 bits per heavy atom. The van der Waals surface area contributed by atoms with Crippen LogP contribution in [0.3, 0.4) is 0 Å². The van der Waals surface area contributed by atoms with Gasteiger partial charge in [-0.3, -0.25) is 4.79 Å². The van der Waals surface area contributed by atoms with E-state index in [4.69, 9.17) is 56.8 Å². The second kappa shape index (κ2) is 26.7. The summed E-state index contributed by atoms with van der Waals surface area (Å²) in [6, 6.07) is 0. The van der Waals surface area contributed by atoms with Crippen LogP contribution in [0.2, 0.25) is 0 Å². The van der Waals surface area contributed by atoms with Gasteiger partial charge in [0.05, 0.1) is 50.7 Å². The third kappa shape index (κ3) is 12.2. The number of carboxylic acid groups (broad SMARTS) is 1. The fourth-order valence-corrected chi connectivity index (χ4v) is 18.7. The molecule has 0 amide bonds. The van der Waals surface area contributed by atoms with Gasteiger partial charge in [-0.15, -0.1) is 0 Å². The number of carbonyl (C=O) groups is 1. The zero-order valence-corrected chi connectivity index (χ0v) is 53.5. The predicted molar refractivity (Wildman–Crippen MR) is 309 cm³/mol. The van der Waals surface area contributed by atoms with Crippen molar-refractivity contribution < 1.29 is 143 Å². The molecule has 11 aliphatic rings. The first-order valence-electron chi connectivity index (χ1n) is 32.9. The van der Waals surface area contributed by atoms with Crippen LogP contribution in [0.5, 0.6) is 0 Å². The van der Waals surface area contributed by atoms with E-state index in [9.17, 15) is 86.5 Å². The molecule has 0 unspecified atom stereocenters. The lowest BCUT2D eigenvalue weighted by Gasteiger charge is -2.71. The summed E-state index contributed by atoms with van der Waals surface area (Å²) in [7, 11) is 0. The molecule has 6 heterocycles. The molecule has 528 valence electrons. The van der Waals surface area contributed by atoms with Gasteiger partial charge in [-0.05, 0) is 116 Å². The highest BCUT2D eigenvalue weighted by Gasteiger charge is 2.70. The highest BCUT2D eigenvalue weighted by atomic mass is 16.8. The molecule has 29 heteroatoms. The molecular formula is C63H102O29. The van der Waals surface area contributed by atoms with Crippen molar-refractivity contribution in [2.45, 2.75) is 292 Å². The maximum absolute atomic E-state index is 13.4. The first-order valence-corrected chi connectivity index (χ1v) is 32.9. The highest BCUT2D eigenvalue weighted by Crippen LogP contribution is 2.76. The summed E-state index contributed by atoms with van der Waals surface area (Å²) >= 11 is 0. The van der Waals surface area contributed by atoms with Crippen molar-refractivity contribution in [2.75, 3.05) is 33.0 Å². The molecule has 0 aromatic heterocycles. The van der Waals surface area contributed by atoms with Crippen molar-refractivity contribution >= 4 is 5.97 Å². The molecule has 0 bridgehead atoms. The van der Waals surface area contributed by atoms with E-state index in [1.807, 2.05) is 0 Å². The van der Waals surface area contributed by atoms with Gasteiger partial charge in [-0.1, -0.05) is 60.1 Å². The van der Waals surface area contributed by atoms with Gasteiger partial charge in [0.15, 0.2) is 37.7 Å². The van der Waals surface area contributed by atoms with Crippen LogP contribution in [0.4, 0.5) is 0 Å². The second-order valence-corrected chi connectivity index (χ2v) is 30.5. The van der Waals surface area contributed by atoms with Gasteiger partial charge >= 0.3 is 5.97 Å². The summed E-state index contributed by atoms with van der Waals surface area (Å²) in [6.45, 7) is 13.9. The molecule has 4 saturated carbocycles. The Hall–Kier alpha value is -1.87. The minimum absolute atomic E-state index is 0.00439. The molecule has 0 spiro atoms. The van der Waals surface area contributed by atoms with Crippen LogP contribution >= 0.6 is 0 Å². The van der Waals surface area contributed by atoms with E-state index in [1.54, 1.807) is 0 Å². The number of rotatable bonds is 15. The Labute approximate surface area is 534 Å².